The lowest BCUT2D eigenvalue weighted by atomic mass is 10.1. The number of amides is 1. The Morgan fingerprint density at radius 1 is 0.778 bits per heavy atom. The molecule has 0 aliphatic heterocycles. The van der Waals surface area contributed by atoms with Crippen LogP contribution >= 0.6 is 0 Å². The maximum Gasteiger partial charge on any atom is 0.261 e. The van der Waals surface area contributed by atoms with Gasteiger partial charge >= 0.3 is 0 Å². The molecule has 3 aromatic rings. The van der Waals surface area contributed by atoms with E-state index in [1.807, 2.05) is 32.0 Å². The minimum Gasteiger partial charge on any atom is -0.322 e. The summed E-state index contributed by atoms with van der Waals surface area (Å²) in [4.78, 5) is 12.6. The zero-order chi connectivity index (χ0) is 19.4. The number of aryl methyl sites for hydroxylation is 2. The molecule has 0 atom stereocenters. The second-order valence-electron chi connectivity index (χ2n) is 6.33. The summed E-state index contributed by atoms with van der Waals surface area (Å²) >= 11 is 0. The van der Waals surface area contributed by atoms with E-state index in [-0.39, 0.29) is 16.4 Å². The van der Waals surface area contributed by atoms with Crippen LogP contribution in [0.25, 0.3) is 0 Å². The van der Waals surface area contributed by atoms with E-state index < -0.39 is 10.0 Å². The Morgan fingerprint density at radius 2 is 1.44 bits per heavy atom. The topological polar surface area (TPSA) is 75.3 Å². The maximum absolute atomic E-state index is 12.6. The zero-order valence-electron chi connectivity index (χ0n) is 15.1. The van der Waals surface area contributed by atoms with Gasteiger partial charge in [0.2, 0.25) is 0 Å². The smallest absolute Gasteiger partial charge is 0.261 e. The van der Waals surface area contributed by atoms with Crippen molar-refractivity contribution < 1.29 is 13.2 Å². The van der Waals surface area contributed by atoms with Crippen LogP contribution in [0, 0.1) is 13.8 Å². The summed E-state index contributed by atoms with van der Waals surface area (Å²) in [6, 6.07) is 20.3. The lowest BCUT2D eigenvalue weighted by molar-refractivity contribution is 0.102. The molecule has 0 saturated heterocycles. The highest BCUT2D eigenvalue weighted by Gasteiger charge is 2.16. The molecule has 6 heteroatoms. The Hall–Kier alpha value is -3.12. The van der Waals surface area contributed by atoms with E-state index in [1.54, 1.807) is 42.5 Å². The molecule has 2 N–H and O–H groups in total. The van der Waals surface area contributed by atoms with Gasteiger partial charge in [0.1, 0.15) is 0 Å². The van der Waals surface area contributed by atoms with Crippen LogP contribution in [0.4, 0.5) is 11.4 Å². The van der Waals surface area contributed by atoms with Gasteiger partial charge in [-0.05, 0) is 67.4 Å². The predicted molar refractivity (Wildman–Crippen MR) is 108 cm³/mol. The normalized spacial score (nSPS) is 11.0. The highest BCUT2D eigenvalue weighted by molar-refractivity contribution is 7.92. The van der Waals surface area contributed by atoms with Crippen LogP contribution in [0.3, 0.4) is 0 Å². The fourth-order valence-corrected chi connectivity index (χ4v) is 3.88. The second-order valence-corrected chi connectivity index (χ2v) is 8.01. The first kappa shape index (κ1) is 18.7. The molecule has 0 aliphatic carbocycles. The van der Waals surface area contributed by atoms with Gasteiger partial charge in [0.25, 0.3) is 15.9 Å². The monoisotopic (exact) mass is 380 g/mol. The highest BCUT2D eigenvalue weighted by Crippen LogP contribution is 2.19. The van der Waals surface area contributed by atoms with Crippen LogP contribution in [0.5, 0.6) is 0 Å². The van der Waals surface area contributed by atoms with Crippen LogP contribution in [-0.4, -0.2) is 14.3 Å². The molecule has 27 heavy (non-hydrogen) atoms. The fourth-order valence-electron chi connectivity index (χ4n) is 2.77. The number of nitrogens with one attached hydrogen (secondary N) is 2. The number of hydrogen-bond donors (Lipinski definition) is 2. The standard InChI is InChI=1S/C21H20N2O3S/c1-15-11-16(2)13-19(12-15)22-21(24)17-7-6-10-20(14-17)27(25,26)23-18-8-4-3-5-9-18/h3-14,23H,1-2H3,(H,22,24). The molecular formula is C21H20N2O3S. The Labute approximate surface area is 159 Å². The Morgan fingerprint density at radius 3 is 2.11 bits per heavy atom. The molecule has 0 spiro atoms. The largest absolute Gasteiger partial charge is 0.322 e. The summed E-state index contributed by atoms with van der Waals surface area (Å²) in [5.74, 6) is -0.364. The minimum atomic E-state index is -3.79. The van der Waals surface area contributed by atoms with Gasteiger partial charge in [-0.25, -0.2) is 8.42 Å². The van der Waals surface area contributed by atoms with Gasteiger partial charge in [-0.15, -0.1) is 0 Å². The van der Waals surface area contributed by atoms with Crippen LogP contribution < -0.4 is 10.0 Å². The van der Waals surface area contributed by atoms with Gasteiger partial charge in [0, 0.05) is 16.9 Å². The molecule has 0 saturated carbocycles. The van der Waals surface area contributed by atoms with Gasteiger partial charge in [-0.2, -0.15) is 0 Å². The Kier molecular flexibility index (Phi) is 5.28. The van der Waals surface area contributed by atoms with E-state index in [0.29, 0.717) is 11.4 Å². The van der Waals surface area contributed by atoms with Crippen molar-refractivity contribution in [3.8, 4) is 0 Å². The molecule has 3 rings (SSSR count). The number of carbonyl (C=O) groups is 1. The van der Waals surface area contributed by atoms with Crippen molar-refractivity contribution in [3.05, 3.63) is 89.5 Å². The summed E-state index contributed by atoms with van der Waals surface area (Å²) < 4.78 is 27.7. The molecule has 5 nitrogen and oxygen atoms in total. The number of sulfonamides is 1. The van der Waals surface area contributed by atoms with E-state index in [0.717, 1.165) is 11.1 Å². The molecular weight excluding hydrogens is 360 g/mol. The summed E-state index contributed by atoms with van der Waals surface area (Å²) in [5.41, 5.74) is 3.48. The van der Waals surface area contributed by atoms with E-state index in [4.69, 9.17) is 0 Å². The van der Waals surface area contributed by atoms with Crippen LogP contribution in [0.15, 0.2) is 77.7 Å². The summed E-state index contributed by atoms with van der Waals surface area (Å²) in [5, 5.41) is 2.81. The van der Waals surface area contributed by atoms with Gasteiger partial charge in [0.05, 0.1) is 4.90 Å². The van der Waals surface area contributed by atoms with Crippen molar-refractivity contribution in [1.29, 1.82) is 0 Å². The van der Waals surface area contributed by atoms with Crippen molar-refractivity contribution in [2.45, 2.75) is 18.7 Å². The minimum absolute atomic E-state index is 0.0272. The first-order chi connectivity index (χ1) is 12.8. The van der Waals surface area contributed by atoms with Crippen LogP contribution in [0.2, 0.25) is 0 Å². The molecule has 1 amide bonds. The summed E-state index contributed by atoms with van der Waals surface area (Å²) in [7, 11) is -3.79. The summed E-state index contributed by atoms with van der Waals surface area (Å²) in [6.45, 7) is 3.90. The third kappa shape index (κ3) is 4.74. The number of anilines is 2. The Bertz CT molecular complexity index is 1060. The number of rotatable bonds is 5. The van der Waals surface area contributed by atoms with Gasteiger partial charge in [-0.1, -0.05) is 30.3 Å². The predicted octanol–water partition coefficient (Wildman–Crippen LogP) is 4.36. The maximum atomic E-state index is 12.6. The van der Waals surface area contributed by atoms with Crippen LogP contribution in [0.1, 0.15) is 21.5 Å². The molecule has 0 heterocycles. The van der Waals surface area contributed by atoms with Gasteiger partial charge in [-0.3, -0.25) is 9.52 Å². The molecule has 0 bridgehead atoms. The number of hydrogen-bond acceptors (Lipinski definition) is 3. The number of para-hydroxylation sites is 1. The molecule has 3 aromatic carbocycles. The van der Waals surface area contributed by atoms with E-state index in [2.05, 4.69) is 10.0 Å². The zero-order valence-corrected chi connectivity index (χ0v) is 15.9. The first-order valence-corrected chi connectivity index (χ1v) is 9.89. The lowest BCUT2D eigenvalue weighted by Gasteiger charge is -2.10. The van der Waals surface area contributed by atoms with E-state index >= 15 is 0 Å². The van der Waals surface area contributed by atoms with Crippen molar-refractivity contribution in [2.75, 3.05) is 10.0 Å². The fraction of sp³-hybridized carbons (Fsp3) is 0.0952. The Balaban J connectivity index is 1.83. The number of carbonyl (C=O) groups excluding carboxylic acids is 1. The third-order valence-corrected chi connectivity index (χ3v) is 5.29. The van der Waals surface area contributed by atoms with Crippen molar-refractivity contribution >= 4 is 27.3 Å². The third-order valence-electron chi connectivity index (χ3n) is 3.91. The van der Waals surface area contributed by atoms with E-state index in [9.17, 15) is 13.2 Å². The SMILES string of the molecule is Cc1cc(C)cc(NC(=O)c2cccc(S(=O)(=O)Nc3ccccc3)c2)c1. The molecule has 0 unspecified atom stereocenters. The molecule has 0 aromatic heterocycles. The molecule has 0 aliphatic rings. The van der Waals surface area contributed by atoms with Crippen LogP contribution in [-0.2, 0) is 10.0 Å². The number of benzene rings is 3. The highest BCUT2D eigenvalue weighted by atomic mass is 32.2. The first-order valence-electron chi connectivity index (χ1n) is 8.41. The average Bonchev–Trinajstić information content (AvgIpc) is 2.61. The second kappa shape index (κ2) is 7.63. The average molecular weight is 380 g/mol. The van der Waals surface area contributed by atoms with Crippen molar-refractivity contribution in [3.63, 3.8) is 0 Å². The van der Waals surface area contributed by atoms with Gasteiger partial charge < -0.3 is 5.32 Å². The molecule has 0 radical (unpaired) electrons. The molecule has 0 fully saturated rings. The summed E-state index contributed by atoms with van der Waals surface area (Å²) in [6.07, 6.45) is 0. The lowest BCUT2D eigenvalue weighted by Crippen LogP contribution is -2.16. The molecule has 138 valence electrons. The van der Waals surface area contributed by atoms with Crippen molar-refractivity contribution in [1.82, 2.24) is 0 Å². The van der Waals surface area contributed by atoms with Gasteiger partial charge in [0.15, 0.2) is 0 Å². The quantitative estimate of drug-likeness (QED) is 0.691. The van der Waals surface area contributed by atoms with E-state index in [1.165, 1.54) is 12.1 Å². The van der Waals surface area contributed by atoms with Crippen molar-refractivity contribution in [2.24, 2.45) is 0 Å².